The Morgan fingerprint density at radius 1 is 1.24 bits per heavy atom. The summed E-state index contributed by atoms with van der Waals surface area (Å²) in [5.74, 6) is 1.83. The van der Waals surface area contributed by atoms with Crippen LogP contribution in [0, 0.1) is 13.8 Å². The molecule has 3 rings (SSSR count). The number of anilines is 1. The van der Waals surface area contributed by atoms with Crippen molar-refractivity contribution in [2.75, 3.05) is 38.2 Å². The van der Waals surface area contributed by atoms with E-state index in [-0.39, 0.29) is 5.91 Å². The maximum atomic E-state index is 13.4. The van der Waals surface area contributed by atoms with Gasteiger partial charge in [0.25, 0.3) is 5.91 Å². The quantitative estimate of drug-likeness (QED) is 0.489. The van der Waals surface area contributed by atoms with Crippen molar-refractivity contribution in [3.63, 3.8) is 0 Å². The van der Waals surface area contributed by atoms with Gasteiger partial charge >= 0.3 is 0 Å². The number of thiazole rings is 1. The summed E-state index contributed by atoms with van der Waals surface area (Å²) in [7, 11) is 1.60. The van der Waals surface area contributed by atoms with E-state index in [1.165, 1.54) is 11.3 Å². The Kier molecular flexibility index (Phi) is 6.82. The predicted octanol–water partition coefficient (Wildman–Crippen LogP) is 5.16. The summed E-state index contributed by atoms with van der Waals surface area (Å²) in [5.41, 5.74) is 1.22. The van der Waals surface area contributed by atoms with Gasteiger partial charge in [0.05, 0.1) is 22.4 Å². The van der Waals surface area contributed by atoms with Crippen LogP contribution in [0.5, 0.6) is 5.75 Å². The number of aromatic nitrogens is 1. The number of hydrogen-bond donors (Lipinski definition) is 0. The number of methoxy groups -OCH3 is 1. The number of benzene rings is 1. The van der Waals surface area contributed by atoms with E-state index in [1.54, 1.807) is 37.1 Å². The lowest BCUT2D eigenvalue weighted by molar-refractivity contribution is 0.0982. The van der Waals surface area contributed by atoms with Crippen LogP contribution in [0.1, 0.15) is 35.7 Å². The van der Waals surface area contributed by atoms with Crippen molar-refractivity contribution in [1.29, 1.82) is 0 Å². The summed E-state index contributed by atoms with van der Waals surface area (Å²) in [4.78, 5) is 22.1. The van der Waals surface area contributed by atoms with Crippen LogP contribution in [0.25, 0.3) is 10.2 Å². The van der Waals surface area contributed by atoms with Crippen LogP contribution in [0.2, 0.25) is 5.02 Å². The van der Waals surface area contributed by atoms with Crippen LogP contribution in [-0.2, 0) is 0 Å². The molecule has 3 aromatic rings. The third-order valence-electron chi connectivity index (χ3n) is 4.95. The van der Waals surface area contributed by atoms with Gasteiger partial charge in [-0.1, -0.05) is 36.8 Å². The Balaban J connectivity index is 2.05. The van der Waals surface area contributed by atoms with Crippen LogP contribution in [0.15, 0.2) is 22.6 Å². The molecule has 2 aromatic heterocycles. The summed E-state index contributed by atoms with van der Waals surface area (Å²) < 4.78 is 11.8. The number of aryl methyl sites for hydroxylation is 2. The molecule has 8 heteroatoms. The molecule has 1 amide bonds. The van der Waals surface area contributed by atoms with Crippen LogP contribution < -0.4 is 9.64 Å². The third-order valence-corrected chi connectivity index (χ3v) is 6.49. The number of nitrogens with zero attached hydrogens (tertiary/aromatic N) is 3. The number of rotatable bonds is 8. The Hall–Kier alpha value is -2.09. The lowest BCUT2D eigenvalue weighted by Crippen LogP contribution is -2.39. The molecule has 0 unspecified atom stereocenters. The number of amides is 1. The minimum atomic E-state index is -0.124. The van der Waals surface area contributed by atoms with Gasteiger partial charge in [0.15, 0.2) is 5.13 Å². The molecule has 2 heterocycles. The normalized spacial score (nSPS) is 11.4. The second kappa shape index (κ2) is 9.15. The number of halogens is 1. The molecule has 0 radical (unpaired) electrons. The molecule has 29 heavy (non-hydrogen) atoms. The molecule has 0 bridgehead atoms. The second-order valence-electron chi connectivity index (χ2n) is 6.73. The fourth-order valence-corrected chi connectivity index (χ4v) is 4.56. The van der Waals surface area contributed by atoms with Crippen molar-refractivity contribution >= 4 is 44.2 Å². The smallest absolute Gasteiger partial charge is 0.263 e. The largest absolute Gasteiger partial charge is 0.494 e. The average molecular weight is 436 g/mol. The zero-order valence-electron chi connectivity index (χ0n) is 17.4. The van der Waals surface area contributed by atoms with Gasteiger partial charge in [0.1, 0.15) is 22.8 Å². The molecule has 0 fully saturated rings. The number of carbonyl (C=O) groups excluding carboxylic acids is 1. The van der Waals surface area contributed by atoms with Crippen molar-refractivity contribution in [1.82, 2.24) is 9.88 Å². The SMILES string of the molecule is CCN(CC)CCN(C(=O)c1cc(C)oc1C)c1nc2c(OC)ccc(Cl)c2s1. The first-order valence-corrected chi connectivity index (χ1v) is 10.8. The monoisotopic (exact) mass is 435 g/mol. The van der Waals surface area contributed by atoms with Gasteiger partial charge in [0, 0.05) is 13.1 Å². The summed E-state index contributed by atoms with van der Waals surface area (Å²) in [6, 6.07) is 5.36. The summed E-state index contributed by atoms with van der Waals surface area (Å²) >= 11 is 7.79. The maximum absolute atomic E-state index is 13.4. The van der Waals surface area contributed by atoms with E-state index in [4.69, 9.17) is 25.7 Å². The van der Waals surface area contributed by atoms with Gasteiger partial charge in [-0.25, -0.2) is 4.98 Å². The first kappa shape index (κ1) is 21.6. The van der Waals surface area contributed by atoms with Crippen molar-refractivity contribution < 1.29 is 13.9 Å². The van der Waals surface area contributed by atoms with E-state index in [0.717, 1.165) is 24.3 Å². The summed E-state index contributed by atoms with van der Waals surface area (Å²) in [5, 5.41) is 1.19. The second-order valence-corrected chi connectivity index (χ2v) is 8.12. The van der Waals surface area contributed by atoms with Crippen LogP contribution >= 0.6 is 22.9 Å². The minimum Gasteiger partial charge on any atom is -0.494 e. The van der Waals surface area contributed by atoms with E-state index < -0.39 is 0 Å². The Morgan fingerprint density at radius 3 is 2.55 bits per heavy atom. The van der Waals surface area contributed by atoms with E-state index >= 15 is 0 Å². The topological polar surface area (TPSA) is 58.8 Å². The fourth-order valence-electron chi connectivity index (χ4n) is 3.28. The predicted molar refractivity (Wildman–Crippen MR) is 119 cm³/mol. The molecule has 156 valence electrons. The van der Waals surface area contributed by atoms with Gasteiger partial charge in [-0.2, -0.15) is 0 Å². The standard InChI is InChI=1S/C21H26ClN3O3S/c1-6-24(7-2)10-11-25(20(26)15-12-13(3)28-14(15)4)21-23-18-17(27-5)9-8-16(22)19(18)29-21/h8-9,12H,6-7,10-11H2,1-5H3. The number of fused-ring (bicyclic) bond motifs is 1. The zero-order chi connectivity index (χ0) is 21.1. The van der Waals surface area contributed by atoms with Crippen molar-refractivity contribution in [2.24, 2.45) is 0 Å². The molecular formula is C21H26ClN3O3S. The molecule has 6 nitrogen and oxygen atoms in total. The lowest BCUT2D eigenvalue weighted by Gasteiger charge is -2.24. The molecular weight excluding hydrogens is 410 g/mol. The highest BCUT2D eigenvalue weighted by atomic mass is 35.5. The zero-order valence-corrected chi connectivity index (χ0v) is 19.0. The number of furan rings is 1. The van der Waals surface area contributed by atoms with E-state index in [9.17, 15) is 4.79 Å². The Bertz CT molecular complexity index is 1010. The number of likely N-dealkylation sites (N-methyl/N-ethyl adjacent to an activating group) is 1. The Morgan fingerprint density at radius 2 is 1.97 bits per heavy atom. The van der Waals surface area contributed by atoms with Crippen molar-refractivity contribution in [3.05, 3.63) is 40.3 Å². The van der Waals surface area contributed by atoms with Gasteiger partial charge in [-0.3, -0.25) is 9.69 Å². The molecule has 0 aliphatic carbocycles. The van der Waals surface area contributed by atoms with E-state index in [2.05, 4.69) is 18.7 Å². The van der Waals surface area contributed by atoms with Crippen molar-refractivity contribution in [3.8, 4) is 5.75 Å². The van der Waals surface area contributed by atoms with Crippen LogP contribution in [0.3, 0.4) is 0 Å². The average Bonchev–Trinajstić information content (AvgIpc) is 3.29. The van der Waals surface area contributed by atoms with Crippen molar-refractivity contribution in [2.45, 2.75) is 27.7 Å². The number of hydrogen-bond acceptors (Lipinski definition) is 6. The number of carbonyl (C=O) groups is 1. The highest BCUT2D eigenvalue weighted by Gasteiger charge is 2.26. The van der Waals surface area contributed by atoms with Crippen LogP contribution in [0.4, 0.5) is 5.13 Å². The molecule has 1 aromatic carbocycles. The molecule has 0 atom stereocenters. The van der Waals surface area contributed by atoms with Gasteiger partial charge in [-0.15, -0.1) is 0 Å². The molecule has 0 aliphatic rings. The van der Waals surface area contributed by atoms with E-state index in [0.29, 0.717) is 45.0 Å². The molecule has 0 N–H and O–H groups in total. The van der Waals surface area contributed by atoms with Gasteiger partial charge in [0.2, 0.25) is 0 Å². The number of ether oxygens (including phenoxy) is 1. The minimum absolute atomic E-state index is 0.124. The molecule has 0 saturated heterocycles. The van der Waals surface area contributed by atoms with E-state index in [1.807, 2.05) is 6.92 Å². The molecule has 0 aliphatic heterocycles. The Labute approximate surface area is 180 Å². The fraction of sp³-hybridized carbons (Fsp3) is 0.429. The molecule has 0 saturated carbocycles. The van der Waals surface area contributed by atoms with Gasteiger partial charge in [-0.05, 0) is 45.1 Å². The molecule has 0 spiro atoms. The lowest BCUT2D eigenvalue weighted by atomic mass is 10.2. The first-order chi connectivity index (χ1) is 13.9. The van der Waals surface area contributed by atoms with Gasteiger partial charge < -0.3 is 14.1 Å². The highest BCUT2D eigenvalue weighted by molar-refractivity contribution is 7.23. The summed E-state index contributed by atoms with van der Waals surface area (Å²) in [6.07, 6.45) is 0. The summed E-state index contributed by atoms with van der Waals surface area (Å²) in [6.45, 7) is 11.0. The third kappa shape index (κ3) is 4.42. The maximum Gasteiger partial charge on any atom is 0.263 e. The highest BCUT2D eigenvalue weighted by Crippen LogP contribution is 2.39. The first-order valence-electron chi connectivity index (χ1n) is 9.63. The van der Waals surface area contributed by atoms with Crippen LogP contribution in [-0.4, -0.2) is 49.1 Å².